The van der Waals surface area contributed by atoms with Crippen LogP contribution in [0.1, 0.15) is 33.6 Å². The molecule has 2 bridgehead atoms. The molecule has 2 aromatic heterocycles. The molecule has 2 saturated heterocycles. The second-order valence-electron chi connectivity index (χ2n) is 8.83. The SMILES string of the molecule is COc1cc(NC(=O)c2cc3c(nc2N2CC4CC2CO4)COC3)cc2c(C)cc(=O)[nH]c12. The number of ether oxygens (including phenoxy) is 3. The van der Waals surface area contributed by atoms with Gasteiger partial charge in [0, 0.05) is 35.3 Å². The van der Waals surface area contributed by atoms with E-state index in [-0.39, 0.29) is 23.6 Å². The lowest BCUT2D eigenvalue weighted by Crippen LogP contribution is -2.39. The van der Waals surface area contributed by atoms with Gasteiger partial charge in [0.05, 0.1) is 55.9 Å². The number of carbonyl (C=O) groups excluding carboxylic acids is 1. The zero-order valence-corrected chi connectivity index (χ0v) is 18.4. The Balaban J connectivity index is 1.40. The molecule has 3 aliphatic rings. The molecule has 0 saturated carbocycles. The van der Waals surface area contributed by atoms with Crippen molar-refractivity contribution in [3.8, 4) is 5.75 Å². The number of carbonyl (C=O) groups is 1. The van der Waals surface area contributed by atoms with E-state index in [0.717, 1.165) is 35.2 Å². The van der Waals surface area contributed by atoms with Gasteiger partial charge in [-0.1, -0.05) is 0 Å². The Hall–Kier alpha value is -3.43. The van der Waals surface area contributed by atoms with Gasteiger partial charge in [-0.3, -0.25) is 9.59 Å². The van der Waals surface area contributed by atoms with Crippen molar-refractivity contribution in [2.45, 2.75) is 38.7 Å². The molecule has 0 aliphatic carbocycles. The molecular weight excluding hydrogens is 424 g/mol. The van der Waals surface area contributed by atoms with Gasteiger partial charge in [-0.25, -0.2) is 4.98 Å². The second-order valence-corrected chi connectivity index (χ2v) is 8.83. The third kappa shape index (κ3) is 3.35. The van der Waals surface area contributed by atoms with E-state index in [1.807, 2.05) is 19.1 Å². The molecule has 2 unspecified atom stereocenters. The first-order valence-corrected chi connectivity index (χ1v) is 11.0. The molecule has 9 heteroatoms. The number of fused-ring (bicyclic) bond motifs is 4. The summed E-state index contributed by atoms with van der Waals surface area (Å²) in [7, 11) is 1.54. The molecule has 3 aliphatic heterocycles. The third-order valence-electron chi connectivity index (χ3n) is 6.69. The van der Waals surface area contributed by atoms with Crippen molar-refractivity contribution in [1.82, 2.24) is 9.97 Å². The summed E-state index contributed by atoms with van der Waals surface area (Å²) in [5.41, 5.74) is 4.12. The smallest absolute Gasteiger partial charge is 0.259 e. The average Bonchev–Trinajstić information content (AvgIpc) is 3.54. The minimum absolute atomic E-state index is 0.187. The first kappa shape index (κ1) is 20.2. The Bertz CT molecular complexity index is 1350. The zero-order chi connectivity index (χ0) is 22.7. The number of hydrogen-bond acceptors (Lipinski definition) is 7. The fourth-order valence-corrected chi connectivity index (χ4v) is 5.06. The quantitative estimate of drug-likeness (QED) is 0.632. The Morgan fingerprint density at radius 3 is 2.91 bits per heavy atom. The summed E-state index contributed by atoms with van der Waals surface area (Å²) in [5, 5.41) is 3.82. The average molecular weight is 448 g/mol. The van der Waals surface area contributed by atoms with Crippen LogP contribution in [0.25, 0.3) is 10.9 Å². The summed E-state index contributed by atoms with van der Waals surface area (Å²) < 4.78 is 16.8. The predicted molar refractivity (Wildman–Crippen MR) is 122 cm³/mol. The number of morpholine rings is 1. The lowest BCUT2D eigenvalue weighted by Gasteiger charge is -2.29. The lowest BCUT2D eigenvalue weighted by atomic mass is 10.1. The molecule has 2 N–H and O–H groups in total. The molecule has 2 atom stereocenters. The fraction of sp³-hybridized carbons (Fsp3) is 0.375. The maximum Gasteiger partial charge on any atom is 0.259 e. The number of H-pyrrole nitrogens is 1. The molecular formula is C24H24N4O5. The van der Waals surface area contributed by atoms with E-state index in [9.17, 15) is 9.59 Å². The van der Waals surface area contributed by atoms with Crippen molar-refractivity contribution >= 4 is 28.3 Å². The molecule has 2 fully saturated rings. The molecule has 1 amide bonds. The highest BCUT2D eigenvalue weighted by atomic mass is 16.5. The van der Waals surface area contributed by atoms with Gasteiger partial charge in [0.25, 0.3) is 5.91 Å². The Morgan fingerprint density at radius 1 is 1.27 bits per heavy atom. The van der Waals surface area contributed by atoms with E-state index in [1.165, 1.54) is 13.2 Å². The molecule has 0 radical (unpaired) electrons. The van der Waals surface area contributed by atoms with E-state index in [0.29, 0.717) is 48.2 Å². The summed E-state index contributed by atoms with van der Waals surface area (Å²) >= 11 is 0. The van der Waals surface area contributed by atoms with Crippen LogP contribution in [0.4, 0.5) is 11.5 Å². The second kappa shape index (κ2) is 7.57. The van der Waals surface area contributed by atoms with Gasteiger partial charge in [0.15, 0.2) is 0 Å². The first-order valence-electron chi connectivity index (χ1n) is 11.0. The van der Waals surface area contributed by atoms with E-state index in [2.05, 4.69) is 15.2 Å². The predicted octanol–water partition coefficient (Wildman–Crippen LogP) is 2.50. The number of nitrogens with one attached hydrogen (secondary N) is 2. The van der Waals surface area contributed by atoms with Gasteiger partial charge in [0.2, 0.25) is 5.56 Å². The van der Waals surface area contributed by atoms with Gasteiger partial charge in [0.1, 0.15) is 11.6 Å². The standard InChI is InChI=1S/C24H24N4O5/c1-12-3-21(29)27-22-17(12)5-14(6-20(22)31-2)25-24(30)18-4-13-9-32-11-19(13)26-23(18)28-8-16-7-15(28)10-33-16/h3-6,15-16H,7-11H2,1-2H3,(H,25,30)(H,27,29). The van der Waals surface area contributed by atoms with E-state index < -0.39 is 0 Å². The Labute approximate surface area is 189 Å². The molecule has 5 heterocycles. The van der Waals surface area contributed by atoms with Crippen molar-refractivity contribution in [3.63, 3.8) is 0 Å². The van der Waals surface area contributed by atoms with E-state index in [1.54, 1.807) is 6.07 Å². The molecule has 9 nitrogen and oxygen atoms in total. The molecule has 6 rings (SSSR count). The number of aromatic nitrogens is 2. The van der Waals surface area contributed by atoms with Gasteiger partial charge in [-0.2, -0.15) is 0 Å². The van der Waals surface area contributed by atoms with E-state index >= 15 is 0 Å². The summed E-state index contributed by atoms with van der Waals surface area (Å²) in [6.45, 7) is 4.15. The van der Waals surface area contributed by atoms with Crippen LogP contribution in [0, 0.1) is 6.92 Å². The van der Waals surface area contributed by atoms with Gasteiger partial charge in [-0.15, -0.1) is 0 Å². The topological polar surface area (TPSA) is 106 Å². The van der Waals surface area contributed by atoms with Crippen LogP contribution in [0.15, 0.2) is 29.1 Å². The van der Waals surface area contributed by atoms with Gasteiger partial charge in [-0.05, 0) is 31.0 Å². The first-order chi connectivity index (χ1) is 16.0. The molecule has 3 aromatic rings. The lowest BCUT2D eigenvalue weighted by molar-refractivity contribution is 0.0978. The summed E-state index contributed by atoms with van der Waals surface area (Å²) in [5.74, 6) is 0.915. The van der Waals surface area contributed by atoms with Crippen molar-refractivity contribution in [3.05, 3.63) is 57.0 Å². The van der Waals surface area contributed by atoms with Crippen LogP contribution in [-0.2, 0) is 22.7 Å². The zero-order valence-electron chi connectivity index (χ0n) is 18.4. The van der Waals surface area contributed by atoms with Crippen molar-refractivity contribution in [2.24, 2.45) is 0 Å². The number of amides is 1. The van der Waals surface area contributed by atoms with Crippen LogP contribution in [-0.4, -0.2) is 48.3 Å². The number of anilines is 2. The highest BCUT2D eigenvalue weighted by Gasteiger charge is 2.41. The molecule has 33 heavy (non-hydrogen) atoms. The molecule has 1 aromatic carbocycles. The highest BCUT2D eigenvalue weighted by molar-refractivity contribution is 6.09. The minimum Gasteiger partial charge on any atom is -0.494 e. The number of aromatic amines is 1. The van der Waals surface area contributed by atoms with Crippen LogP contribution in [0.5, 0.6) is 5.75 Å². The number of hydrogen-bond donors (Lipinski definition) is 2. The normalized spacial score (nSPS) is 21.0. The number of nitrogens with zero attached hydrogens (tertiary/aromatic N) is 2. The number of pyridine rings is 2. The van der Waals surface area contributed by atoms with E-state index in [4.69, 9.17) is 19.2 Å². The van der Waals surface area contributed by atoms with Crippen LogP contribution < -0.4 is 20.5 Å². The summed E-state index contributed by atoms with van der Waals surface area (Å²) in [4.78, 5) is 35.3. The molecule has 0 spiro atoms. The monoisotopic (exact) mass is 448 g/mol. The maximum absolute atomic E-state index is 13.5. The van der Waals surface area contributed by atoms with Crippen molar-refractivity contribution in [2.75, 3.05) is 30.5 Å². The summed E-state index contributed by atoms with van der Waals surface area (Å²) in [6.07, 6.45) is 1.14. The van der Waals surface area contributed by atoms with Crippen LogP contribution in [0.2, 0.25) is 0 Å². The van der Waals surface area contributed by atoms with Crippen LogP contribution >= 0.6 is 0 Å². The van der Waals surface area contributed by atoms with Gasteiger partial charge < -0.3 is 29.4 Å². The maximum atomic E-state index is 13.5. The third-order valence-corrected chi connectivity index (χ3v) is 6.69. The Morgan fingerprint density at radius 2 is 2.15 bits per heavy atom. The molecule has 170 valence electrons. The summed E-state index contributed by atoms with van der Waals surface area (Å²) in [6, 6.07) is 7.21. The van der Waals surface area contributed by atoms with Gasteiger partial charge >= 0.3 is 0 Å². The highest BCUT2D eigenvalue weighted by Crippen LogP contribution is 2.36. The number of aryl methyl sites for hydroxylation is 1. The largest absolute Gasteiger partial charge is 0.494 e. The van der Waals surface area contributed by atoms with Crippen molar-refractivity contribution in [1.29, 1.82) is 0 Å². The number of benzene rings is 1. The minimum atomic E-state index is -0.251. The number of rotatable bonds is 4. The van der Waals surface area contributed by atoms with Crippen molar-refractivity contribution < 1.29 is 19.0 Å². The fourth-order valence-electron chi connectivity index (χ4n) is 5.06. The Kier molecular flexibility index (Phi) is 4.63. The van der Waals surface area contributed by atoms with Crippen LogP contribution in [0.3, 0.4) is 0 Å². The number of methoxy groups -OCH3 is 1.